The van der Waals surface area contributed by atoms with E-state index in [9.17, 15) is 19.1 Å². The van der Waals surface area contributed by atoms with Gasteiger partial charge in [-0.1, -0.05) is 36.0 Å². The molecule has 2 amide bonds. The number of phenolic OH excluding ortho intramolecular Hbond substituents is 1. The van der Waals surface area contributed by atoms with Crippen LogP contribution in [0.5, 0.6) is 11.5 Å². The zero-order valence-electron chi connectivity index (χ0n) is 19.1. The molecule has 3 aromatic carbocycles. The molecule has 3 N–H and O–H groups in total. The van der Waals surface area contributed by atoms with Crippen molar-refractivity contribution in [3.63, 3.8) is 0 Å². The van der Waals surface area contributed by atoms with Gasteiger partial charge in [-0.15, -0.1) is 5.10 Å². The average Bonchev–Trinajstić information content (AvgIpc) is 3.26. The topological polar surface area (TPSA) is 118 Å². The predicted octanol–water partition coefficient (Wildman–Crippen LogP) is 4.17. The fourth-order valence-corrected chi connectivity index (χ4v) is 3.99. The van der Waals surface area contributed by atoms with Crippen LogP contribution in [0.4, 0.5) is 15.8 Å². The molecule has 1 heterocycles. The van der Waals surface area contributed by atoms with Crippen molar-refractivity contribution in [3.8, 4) is 22.9 Å². The third-order valence-electron chi connectivity index (χ3n) is 4.92. The monoisotopic (exact) mass is 507 g/mol. The van der Waals surface area contributed by atoms with Gasteiger partial charge in [0.15, 0.2) is 11.0 Å². The molecule has 0 aliphatic rings. The third-order valence-corrected chi connectivity index (χ3v) is 5.88. The minimum absolute atomic E-state index is 0.0151. The van der Waals surface area contributed by atoms with Gasteiger partial charge in [-0.05, 0) is 48.5 Å². The van der Waals surface area contributed by atoms with Crippen LogP contribution in [-0.4, -0.2) is 44.5 Å². The number of ether oxygens (including phenoxy) is 1. The number of halogens is 1. The summed E-state index contributed by atoms with van der Waals surface area (Å²) in [7, 11) is 1.51. The summed E-state index contributed by atoms with van der Waals surface area (Å²) in [5.41, 5.74) is 1.34. The molecule has 4 rings (SSSR count). The van der Waals surface area contributed by atoms with E-state index in [-0.39, 0.29) is 35.7 Å². The lowest BCUT2D eigenvalue weighted by Gasteiger charge is -2.10. The lowest BCUT2D eigenvalue weighted by atomic mass is 10.2. The lowest BCUT2D eigenvalue weighted by Crippen LogP contribution is -2.21. The number of rotatable bonds is 9. The fraction of sp³-hybridized carbons (Fsp3) is 0.120. The summed E-state index contributed by atoms with van der Waals surface area (Å²) in [5.74, 6) is -0.470. The number of nitrogens with one attached hydrogen (secondary N) is 2. The number of benzene rings is 3. The number of nitrogens with zero attached hydrogens (tertiary/aromatic N) is 3. The number of para-hydroxylation sites is 3. The summed E-state index contributed by atoms with van der Waals surface area (Å²) in [6.07, 6.45) is 0. The van der Waals surface area contributed by atoms with Gasteiger partial charge in [-0.2, -0.15) is 0 Å². The fourth-order valence-electron chi connectivity index (χ4n) is 3.25. The predicted molar refractivity (Wildman–Crippen MR) is 135 cm³/mol. The first-order valence-electron chi connectivity index (χ1n) is 10.8. The molecule has 0 saturated heterocycles. The summed E-state index contributed by atoms with van der Waals surface area (Å²) in [6.45, 7) is -0.194. The minimum Gasteiger partial charge on any atom is -0.507 e. The van der Waals surface area contributed by atoms with Crippen molar-refractivity contribution in [2.75, 3.05) is 23.5 Å². The van der Waals surface area contributed by atoms with E-state index in [1.807, 2.05) is 0 Å². The van der Waals surface area contributed by atoms with Gasteiger partial charge in [0.1, 0.15) is 23.9 Å². The van der Waals surface area contributed by atoms with E-state index in [0.29, 0.717) is 27.8 Å². The molecule has 4 aromatic rings. The van der Waals surface area contributed by atoms with Crippen LogP contribution in [0.3, 0.4) is 0 Å². The summed E-state index contributed by atoms with van der Waals surface area (Å²) >= 11 is 1.07. The van der Waals surface area contributed by atoms with Crippen LogP contribution in [0, 0.1) is 5.82 Å². The zero-order chi connectivity index (χ0) is 25.5. The van der Waals surface area contributed by atoms with Crippen molar-refractivity contribution in [2.45, 2.75) is 11.7 Å². The maximum atomic E-state index is 13.1. The number of anilines is 2. The molecule has 9 nitrogen and oxygen atoms in total. The van der Waals surface area contributed by atoms with Gasteiger partial charge in [0.05, 0.1) is 24.1 Å². The van der Waals surface area contributed by atoms with Gasteiger partial charge >= 0.3 is 0 Å². The standard InChI is InChI=1S/C25H22FN5O4S/c1-35-21-9-5-3-7-19(21)28-22(33)14-31-25(29-24(30-31)18-6-2-4-8-20(18)32)36-15-23(34)27-17-12-10-16(26)11-13-17/h2-13,32H,14-15H2,1H3,(H,27,34)(H,28,33). The molecule has 0 aliphatic heterocycles. The Bertz CT molecular complexity index is 1380. The number of thioether (sulfide) groups is 1. The molecule has 0 aliphatic carbocycles. The van der Waals surface area contributed by atoms with Crippen LogP contribution in [0.15, 0.2) is 78.0 Å². The van der Waals surface area contributed by atoms with E-state index in [1.54, 1.807) is 42.5 Å². The highest BCUT2D eigenvalue weighted by atomic mass is 32.2. The molecule has 0 radical (unpaired) electrons. The maximum absolute atomic E-state index is 13.1. The second kappa shape index (κ2) is 11.4. The van der Waals surface area contributed by atoms with Gasteiger partial charge in [-0.3, -0.25) is 9.59 Å². The Morgan fingerprint density at radius 2 is 1.72 bits per heavy atom. The van der Waals surface area contributed by atoms with E-state index in [2.05, 4.69) is 20.7 Å². The highest BCUT2D eigenvalue weighted by molar-refractivity contribution is 7.99. The summed E-state index contributed by atoms with van der Waals surface area (Å²) in [6, 6.07) is 19.0. The Morgan fingerprint density at radius 1 is 1.00 bits per heavy atom. The normalized spacial score (nSPS) is 10.6. The van der Waals surface area contributed by atoms with Gasteiger partial charge in [0.25, 0.3) is 0 Å². The Kier molecular flexibility index (Phi) is 7.81. The molecule has 0 fully saturated rings. The Hall–Kier alpha value is -4.38. The van der Waals surface area contributed by atoms with E-state index in [0.717, 1.165) is 11.8 Å². The van der Waals surface area contributed by atoms with E-state index >= 15 is 0 Å². The first-order chi connectivity index (χ1) is 17.4. The van der Waals surface area contributed by atoms with Crippen molar-refractivity contribution in [3.05, 3.63) is 78.6 Å². The molecule has 0 spiro atoms. The molecule has 184 valence electrons. The highest BCUT2D eigenvalue weighted by Crippen LogP contribution is 2.29. The van der Waals surface area contributed by atoms with Gasteiger partial charge in [0, 0.05) is 5.69 Å². The van der Waals surface area contributed by atoms with Gasteiger partial charge in [0.2, 0.25) is 11.8 Å². The largest absolute Gasteiger partial charge is 0.507 e. The summed E-state index contributed by atoms with van der Waals surface area (Å²) in [4.78, 5) is 29.7. The van der Waals surface area contributed by atoms with E-state index in [4.69, 9.17) is 4.74 Å². The van der Waals surface area contributed by atoms with Crippen molar-refractivity contribution >= 4 is 35.0 Å². The highest BCUT2D eigenvalue weighted by Gasteiger charge is 2.18. The summed E-state index contributed by atoms with van der Waals surface area (Å²) in [5, 5.41) is 20.4. The molecule has 0 atom stereocenters. The molecular formula is C25H22FN5O4S. The molecule has 36 heavy (non-hydrogen) atoms. The second-order valence-corrected chi connectivity index (χ2v) is 8.43. The van der Waals surface area contributed by atoms with Crippen molar-refractivity contribution in [1.29, 1.82) is 0 Å². The number of aromatic nitrogens is 3. The van der Waals surface area contributed by atoms with Crippen LogP contribution in [0.25, 0.3) is 11.4 Å². The molecule has 0 saturated carbocycles. The number of carbonyl (C=O) groups is 2. The van der Waals surface area contributed by atoms with Crippen LogP contribution in [0.2, 0.25) is 0 Å². The maximum Gasteiger partial charge on any atom is 0.246 e. The van der Waals surface area contributed by atoms with Crippen LogP contribution < -0.4 is 15.4 Å². The van der Waals surface area contributed by atoms with E-state index in [1.165, 1.54) is 42.1 Å². The first kappa shape index (κ1) is 24.7. The number of methoxy groups -OCH3 is 1. The van der Waals surface area contributed by atoms with Crippen LogP contribution >= 0.6 is 11.8 Å². The number of amides is 2. The number of phenols is 1. The van der Waals surface area contributed by atoms with Gasteiger partial charge < -0.3 is 20.5 Å². The van der Waals surface area contributed by atoms with E-state index < -0.39 is 5.82 Å². The van der Waals surface area contributed by atoms with Crippen molar-refractivity contribution in [1.82, 2.24) is 14.8 Å². The van der Waals surface area contributed by atoms with Gasteiger partial charge in [-0.25, -0.2) is 14.1 Å². The Labute approximate surface area is 210 Å². The molecule has 0 bridgehead atoms. The SMILES string of the molecule is COc1ccccc1NC(=O)Cn1nc(-c2ccccc2O)nc1SCC(=O)Nc1ccc(F)cc1. The van der Waals surface area contributed by atoms with Crippen molar-refractivity contribution in [2.24, 2.45) is 0 Å². The molecule has 11 heteroatoms. The smallest absolute Gasteiger partial charge is 0.246 e. The number of aromatic hydroxyl groups is 1. The second-order valence-electron chi connectivity index (χ2n) is 7.48. The third kappa shape index (κ3) is 6.19. The number of hydrogen-bond acceptors (Lipinski definition) is 7. The number of hydrogen-bond donors (Lipinski definition) is 3. The minimum atomic E-state index is -0.404. The quantitative estimate of drug-likeness (QED) is 0.291. The van der Waals surface area contributed by atoms with Crippen molar-refractivity contribution < 1.29 is 23.8 Å². The Balaban J connectivity index is 1.52. The average molecular weight is 508 g/mol. The molecule has 0 unspecified atom stereocenters. The van der Waals surface area contributed by atoms with Crippen LogP contribution in [0.1, 0.15) is 0 Å². The first-order valence-corrected chi connectivity index (χ1v) is 11.8. The zero-order valence-corrected chi connectivity index (χ0v) is 20.0. The number of carbonyl (C=O) groups excluding carboxylic acids is 2. The Morgan fingerprint density at radius 3 is 2.47 bits per heavy atom. The molecular weight excluding hydrogens is 485 g/mol. The van der Waals surface area contributed by atoms with Crippen LogP contribution in [-0.2, 0) is 16.1 Å². The lowest BCUT2D eigenvalue weighted by molar-refractivity contribution is -0.117. The summed E-state index contributed by atoms with van der Waals surface area (Å²) < 4.78 is 19.7. The molecule has 1 aromatic heterocycles.